The normalized spacial score (nSPS) is 20.5. The molecule has 0 bridgehead atoms. The van der Waals surface area contributed by atoms with Crippen molar-refractivity contribution in [2.45, 2.75) is 19.4 Å². The summed E-state index contributed by atoms with van der Waals surface area (Å²) in [6.45, 7) is 5.62. The monoisotopic (exact) mass is 345 g/mol. The summed E-state index contributed by atoms with van der Waals surface area (Å²) in [4.78, 5) is 14.3. The number of benzene rings is 1. The maximum Gasteiger partial charge on any atom is 0.224 e. The van der Waals surface area contributed by atoms with Gasteiger partial charge in [-0.3, -0.25) is 9.69 Å². The number of amides is 1. The van der Waals surface area contributed by atoms with Crippen LogP contribution in [0.3, 0.4) is 0 Å². The number of rotatable bonds is 4. The molecule has 2 aliphatic heterocycles. The van der Waals surface area contributed by atoms with Gasteiger partial charge < -0.3 is 10.6 Å². The van der Waals surface area contributed by atoms with Gasteiger partial charge >= 0.3 is 0 Å². The average Bonchev–Trinajstić information content (AvgIpc) is 3.01. The van der Waals surface area contributed by atoms with Gasteiger partial charge in [-0.25, -0.2) is 0 Å². The van der Waals surface area contributed by atoms with E-state index in [4.69, 9.17) is 0 Å². The smallest absolute Gasteiger partial charge is 0.224 e. The molecule has 6 heteroatoms. The van der Waals surface area contributed by atoms with Crippen molar-refractivity contribution in [1.82, 2.24) is 15.5 Å². The highest BCUT2D eigenvalue weighted by atomic mass is 35.5. The highest BCUT2D eigenvalue weighted by Gasteiger charge is 2.22. The van der Waals surface area contributed by atoms with Gasteiger partial charge in [-0.2, -0.15) is 0 Å². The van der Waals surface area contributed by atoms with Crippen LogP contribution in [0.5, 0.6) is 0 Å². The number of nitrogens with zero attached hydrogens (tertiary/aromatic N) is 1. The number of hydrogen-bond donors (Lipinski definition) is 2. The lowest BCUT2D eigenvalue weighted by molar-refractivity contribution is -0.124. The summed E-state index contributed by atoms with van der Waals surface area (Å²) < 4.78 is 0. The molecule has 1 aromatic carbocycles. The Kier molecular flexibility index (Phi) is 8.18. The number of halogens is 2. The topological polar surface area (TPSA) is 44.4 Å². The van der Waals surface area contributed by atoms with E-state index in [1.54, 1.807) is 0 Å². The van der Waals surface area contributed by atoms with Crippen LogP contribution in [0.4, 0.5) is 0 Å². The summed E-state index contributed by atoms with van der Waals surface area (Å²) in [6.07, 6.45) is 2.10. The fraction of sp³-hybridized carbons (Fsp3) is 0.562. The molecular weight excluding hydrogens is 321 g/mol. The van der Waals surface area contributed by atoms with Crippen molar-refractivity contribution < 1.29 is 4.79 Å². The minimum atomic E-state index is 0. The van der Waals surface area contributed by atoms with E-state index in [0.29, 0.717) is 0 Å². The molecule has 2 aliphatic rings. The maximum atomic E-state index is 11.9. The summed E-state index contributed by atoms with van der Waals surface area (Å²) in [7, 11) is 0. The van der Waals surface area contributed by atoms with Crippen LogP contribution < -0.4 is 10.6 Å². The van der Waals surface area contributed by atoms with Gasteiger partial charge in [0, 0.05) is 32.7 Å². The van der Waals surface area contributed by atoms with Crippen LogP contribution in [0.25, 0.3) is 0 Å². The Morgan fingerprint density at radius 2 is 2.05 bits per heavy atom. The third-order valence-corrected chi connectivity index (χ3v) is 4.37. The molecule has 0 aliphatic carbocycles. The van der Waals surface area contributed by atoms with Crippen molar-refractivity contribution >= 4 is 30.7 Å². The van der Waals surface area contributed by atoms with Crippen LogP contribution in [0.2, 0.25) is 0 Å². The third-order valence-electron chi connectivity index (χ3n) is 4.37. The highest BCUT2D eigenvalue weighted by Crippen LogP contribution is 2.17. The number of nitrogens with one attached hydrogen (secondary N) is 2. The first-order valence-electron chi connectivity index (χ1n) is 7.60. The lowest BCUT2D eigenvalue weighted by atomic mass is 10.00. The lowest BCUT2D eigenvalue weighted by Gasteiger charge is -2.28. The summed E-state index contributed by atoms with van der Waals surface area (Å²) in [6, 6.07) is 8.66. The van der Waals surface area contributed by atoms with Crippen molar-refractivity contribution in [3.05, 3.63) is 35.4 Å². The third kappa shape index (κ3) is 4.85. The molecule has 0 radical (unpaired) electrons. The maximum absolute atomic E-state index is 11.9. The van der Waals surface area contributed by atoms with Gasteiger partial charge in [0.25, 0.3) is 0 Å². The van der Waals surface area contributed by atoms with E-state index < -0.39 is 0 Å². The molecule has 1 amide bonds. The van der Waals surface area contributed by atoms with Crippen molar-refractivity contribution in [2.24, 2.45) is 5.92 Å². The largest absolute Gasteiger partial charge is 0.355 e. The Balaban J connectivity index is 0.00000121. The predicted octanol–water partition coefficient (Wildman–Crippen LogP) is 1.61. The Morgan fingerprint density at radius 1 is 1.27 bits per heavy atom. The van der Waals surface area contributed by atoms with Gasteiger partial charge in [-0.15, -0.1) is 24.8 Å². The molecule has 124 valence electrons. The summed E-state index contributed by atoms with van der Waals surface area (Å²) in [5, 5.41) is 6.31. The van der Waals surface area contributed by atoms with Gasteiger partial charge in [0.15, 0.2) is 0 Å². The van der Waals surface area contributed by atoms with E-state index in [-0.39, 0.29) is 36.6 Å². The van der Waals surface area contributed by atoms with Gasteiger partial charge in [0.05, 0.1) is 5.92 Å². The predicted molar refractivity (Wildman–Crippen MR) is 93.9 cm³/mol. The first-order chi connectivity index (χ1) is 9.83. The number of hydrogen-bond acceptors (Lipinski definition) is 3. The molecule has 1 aromatic rings. The number of carbonyl (C=O) groups excluding carboxylic acids is 1. The van der Waals surface area contributed by atoms with Crippen LogP contribution in [0.1, 0.15) is 17.5 Å². The van der Waals surface area contributed by atoms with E-state index >= 15 is 0 Å². The highest BCUT2D eigenvalue weighted by molar-refractivity contribution is 5.85. The molecular formula is C16H25Cl2N3O. The molecule has 0 aromatic heterocycles. The zero-order valence-electron chi connectivity index (χ0n) is 12.7. The molecule has 1 fully saturated rings. The first-order valence-corrected chi connectivity index (χ1v) is 7.60. The standard InChI is InChI=1S/C16H23N3O.2ClH/c20-16(14-5-7-17-11-14)18-8-10-19-9-6-13-3-1-2-4-15(13)12-19;;/h1-4,14,17H,5-12H2,(H,18,20);2*1H. The molecule has 1 saturated heterocycles. The Morgan fingerprint density at radius 3 is 2.77 bits per heavy atom. The molecule has 22 heavy (non-hydrogen) atoms. The Hall–Kier alpha value is -0.810. The van der Waals surface area contributed by atoms with E-state index in [9.17, 15) is 4.79 Å². The molecule has 2 N–H and O–H groups in total. The fourth-order valence-corrected chi connectivity index (χ4v) is 3.11. The second kappa shape index (κ2) is 9.36. The first kappa shape index (κ1) is 19.2. The molecule has 1 unspecified atom stereocenters. The molecule has 1 atom stereocenters. The van der Waals surface area contributed by atoms with Crippen molar-refractivity contribution in [3.8, 4) is 0 Å². The van der Waals surface area contributed by atoms with Crippen LogP contribution in [0, 0.1) is 5.92 Å². The SMILES string of the molecule is Cl.Cl.O=C(NCCN1CCc2ccccc2C1)C1CCNC1. The van der Waals surface area contributed by atoms with E-state index in [1.165, 1.54) is 11.1 Å². The lowest BCUT2D eigenvalue weighted by Crippen LogP contribution is -2.40. The minimum Gasteiger partial charge on any atom is -0.355 e. The van der Waals surface area contributed by atoms with Gasteiger partial charge in [0.1, 0.15) is 0 Å². The van der Waals surface area contributed by atoms with E-state index in [1.807, 2.05) is 0 Å². The average molecular weight is 346 g/mol. The minimum absolute atomic E-state index is 0. The molecule has 2 heterocycles. The van der Waals surface area contributed by atoms with Crippen LogP contribution >= 0.6 is 24.8 Å². The van der Waals surface area contributed by atoms with Crippen molar-refractivity contribution in [2.75, 3.05) is 32.7 Å². The zero-order chi connectivity index (χ0) is 13.8. The molecule has 3 rings (SSSR count). The van der Waals surface area contributed by atoms with Gasteiger partial charge in [-0.1, -0.05) is 24.3 Å². The van der Waals surface area contributed by atoms with Crippen molar-refractivity contribution in [1.29, 1.82) is 0 Å². The second-order valence-corrected chi connectivity index (χ2v) is 5.78. The molecule has 4 nitrogen and oxygen atoms in total. The van der Waals surface area contributed by atoms with Crippen LogP contribution in [-0.2, 0) is 17.8 Å². The van der Waals surface area contributed by atoms with Gasteiger partial charge in [-0.05, 0) is 30.5 Å². The quantitative estimate of drug-likeness (QED) is 0.871. The molecule has 0 saturated carbocycles. The summed E-state index contributed by atoms with van der Waals surface area (Å²) in [5.74, 6) is 0.393. The molecule has 0 spiro atoms. The zero-order valence-corrected chi connectivity index (χ0v) is 14.3. The second-order valence-electron chi connectivity index (χ2n) is 5.78. The Bertz CT molecular complexity index is 478. The number of fused-ring (bicyclic) bond motifs is 1. The van der Waals surface area contributed by atoms with Crippen LogP contribution in [-0.4, -0.2) is 43.5 Å². The van der Waals surface area contributed by atoms with Gasteiger partial charge in [0.2, 0.25) is 5.91 Å². The summed E-state index contributed by atoms with van der Waals surface area (Å²) >= 11 is 0. The fourth-order valence-electron chi connectivity index (χ4n) is 3.11. The van der Waals surface area contributed by atoms with Crippen molar-refractivity contribution in [3.63, 3.8) is 0 Å². The van der Waals surface area contributed by atoms with E-state index in [0.717, 1.165) is 52.1 Å². The van der Waals surface area contributed by atoms with E-state index in [2.05, 4.69) is 39.8 Å². The van der Waals surface area contributed by atoms with Crippen LogP contribution in [0.15, 0.2) is 24.3 Å². The summed E-state index contributed by atoms with van der Waals surface area (Å²) in [5.41, 5.74) is 2.91. The Labute approximate surface area is 144 Å². The number of carbonyl (C=O) groups is 1.